The first-order chi connectivity index (χ1) is 8.21. The highest BCUT2D eigenvalue weighted by Crippen LogP contribution is 2.01. The highest BCUT2D eigenvalue weighted by Gasteiger charge is 2.16. The third-order valence-electron chi connectivity index (χ3n) is 2.46. The predicted molar refractivity (Wildman–Crippen MR) is 61.7 cm³/mol. The molecule has 1 heterocycles. The van der Waals surface area contributed by atoms with Gasteiger partial charge in [0.05, 0.1) is 6.61 Å². The van der Waals surface area contributed by atoms with Gasteiger partial charge in [0.2, 0.25) is 0 Å². The summed E-state index contributed by atoms with van der Waals surface area (Å²) in [5.41, 5.74) is 0. The first kappa shape index (κ1) is 13.6. The lowest BCUT2D eigenvalue weighted by molar-refractivity contribution is 0.0470. The van der Waals surface area contributed by atoms with Gasteiger partial charge in [0.1, 0.15) is 0 Å². The van der Waals surface area contributed by atoms with Crippen LogP contribution in [-0.4, -0.2) is 47.3 Å². The molecule has 0 radical (unpaired) electrons. The van der Waals surface area contributed by atoms with Crippen molar-refractivity contribution in [2.75, 3.05) is 26.2 Å². The summed E-state index contributed by atoms with van der Waals surface area (Å²) in [4.78, 5) is 17.5. The largest absolute Gasteiger partial charge is 0.459 e. The third-order valence-corrected chi connectivity index (χ3v) is 2.46. The van der Waals surface area contributed by atoms with Crippen molar-refractivity contribution in [1.82, 2.24) is 15.0 Å². The van der Waals surface area contributed by atoms with Crippen LogP contribution in [0.1, 0.15) is 37.3 Å². The van der Waals surface area contributed by atoms with Crippen molar-refractivity contribution < 1.29 is 14.1 Å². The van der Waals surface area contributed by atoms with E-state index in [9.17, 15) is 4.79 Å². The van der Waals surface area contributed by atoms with Crippen molar-refractivity contribution in [3.8, 4) is 0 Å². The van der Waals surface area contributed by atoms with E-state index in [4.69, 9.17) is 9.26 Å². The van der Waals surface area contributed by atoms with Crippen LogP contribution in [0.3, 0.4) is 0 Å². The molecule has 0 aliphatic heterocycles. The third kappa shape index (κ3) is 4.14. The maximum absolute atomic E-state index is 11.3. The SMILES string of the molecule is CCOC(=O)c1nc(CCN(CC)CC)no1. The fourth-order valence-electron chi connectivity index (χ4n) is 1.43. The number of hydrogen-bond donors (Lipinski definition) is 0. The van der Waals surface area contributed by atoms with Gasteiger partial charge in [-0.15, -0.1) is 0 Å². The Morgan fingerprint density at radius 3 is 2.65 bits per heavy atom. The van der Waals surface area contributed by atoms with Crippen molar-refractivity contribution in [2.24, 2.45) is 0 Å². The summed E-state index contributed by atoms with van der Waals surface area (Å²) in [5, 5.41) is 3.75. The molecule has 17 heavy (non-hydrogen) atoms. The molecular weight excluding hydrogens is 222 g/mol. The van der Waals surface area contributed by atoms with Gasteiger partial charge >= 0.3 is 11.9 Å². The fourth-order valence-corrected chi connectivity index (χ4v) is 1.43. The molecule has 0 N–H and O–H groups in total. The van der Waals surface area contributed by atoms with Gasteiger partial charge in [0, 0.05) is 13.0 Å². The molecule has 6 nitrogen and oxygen atoms in total. The number of esters is 1. The molecule has 0 spiro atoms. The van der Waals surface area contributed by atoms with Crippen LogP contribution < -0.4 is 0 Å². The Morgan fingerprint density at radius 1 is 1.35 bits per heavy atom. The van der Waals surface area contributed by atoms with Crippen LogP contribution in [0, 0.1) is 0 Å². The highest BCUT2D eigenvalue weighted by molar-refractivity contribution is 5.83. The molecule has 1 aromatic rings. The second kappa shape index (κ2) is 7.01. The molecule has 0 amide bonds. The molecule has 6 heteroatoms. The average Bonchev–Trinajstić information content (AvgIpc) is 2.79. The van der Waals surface area contributed by atoms with Gasteiger partial charge < -0.3 is 14.2 Å². The number of carbonyl (C=O) groups excluding carboxylic acids is 1. The first-order valence-electron chi connectivity index (χ1n) is 5.93. The van der Waals surface area contributed by atoms with Crippen molar-refractivity contribution in [2.45, 2.75) is 27.2 Å². The standard InChI is InChI=1S/C11H19N3O3/c1-4-14(5-2)8-7-9-12-10(17-13-9)11(15)16-6-3/h4-8H2,1-3H3. The smallest absolute Gasteiger partial charge is 0.397 e. The fraction of sp³-hybridized carbons (Fsp3) is 0.727. The van der Waals surface area contributed by atoms with Crippen LogP contribution in [-0.2, 0) is 11.2 Å². The van der Waals surface area contributed by atoms with Crippen molar-refractivity contribution in [3.05, 3.63) is 11.7 Å². The highest BCUT2D eigenvalue weighted by atomic mass is 16.6. The van der Waals surface area contributed by atoms with Gasteiger partial charge in [-0.2, -0.15) is 4.98 Å². The zero-order valence-electron chi connectivity index (χ0n) is 10.6. The normalized spacial score (nSPS) is 10.8. The van der Waals surface area contributed by atoms with E-state index in [1.165, 1.54) is 0 Å². The number of aromatic nitrogens is 2. The molecule has 0 saturated carbocycles. The second-order valence-electron chi connectivity index (χ2n) is 3.51. The van der Waals surface area contributed by atoms with E-state index >= 15 is 0 Å². The molecule has 0 aliphatic carbocycles. The van der Waals surface area contributed by atoms with Gasteiger partial charge in [-0.05, 0) is 20.0 Å². The van der Waals surface area contributed by atoms with E-state index in [2.05, 4.69) is 28.9 Å². The number of likely N-dealkylation sites (N-methyl/N-ethyl adjacent to an activating group) is 1. The Morgan fingerprint density at radius 2 is 2.06 bits per heavy atom. The Labute approximate surface area is 101 Å². The van der Waals surface area contributed by atoms with Gasteiger partial charge in [-0.1, -0.05) is 19.0 Å². The van der Waals surface area contributed by atoms with E-state index < -0.39 is 5.97 Å². The molecule has 1 aromatic heterocycles. The first-order valence-corrected chi connectivity index (χ1v) is 5.93. The Kier molecular flexibility index (Phi) is 5.62. The maximum atomic E-state index is 11.3. The van der Waals surface area contributed by atoms with Crippen molar-refractivity contribution in [3.63, 3.8) is 0 Å². The lowest BCUT2D eigenvalue weighted by Crippen LogP contribution is -2.25. The minimum atomic E-state index is -0.561. The van der Waals surface area contributed by atoms with Crippen molar-refractivity contribution in [1.29, 1.82) is 0 Å². The number of carbonyl (C=O) groups is 1. The molecule has 0 aliphatic rings. The predicted octanol–water partition coefficient (Wildman–Crippen LogP) is 1.13. The summed E-state index contributed by atoms with van der Waals surface area (Å²) in [6.45, 7) is 9.06. The van der Waals surface area contributed by atoms with Crippen LogP contribution >= 0.6 is 0 Å². The lowest BCUT2D eigenvalue weighted by atomic mass is 10.3. The van der Waals surface area contributed by atoms with Gasteiger partial charge in [-0.25, -0.2) is 4.79 Å². The van der Waals surface area contributed by atoms with E-state index in [0.717, 1.165) is 19.6 Å². The van der Waals surface area contributed by atoms with Gasteiger partial charge in [0.25, 0.3) is 0 Å². The van der Waals surface area contributed by atoms with E-state index in [-0.39, 0.29) is 5.89 Å². The van der Waals surface area contributed by atoms with Crippen LogP contribution in [0.4, 0.5) is 0 Å². The molecular formula is C11H19N3O3. The summed E-state index contributed by atoms with van der Waals surface area (Å²) in [7, 11) is 0. The Hall–Kier alpha value is -1.43. The summed E-state index contributed by atoms with van der Waals surface area (Å²) in [5.74, 6) is -0.0876. The molecule has 1 rings (SSSR count). The quantitative estimate of drug-likeness (QED) is 0.666. The minimum Gasteiger partial charge on any atom is -0.459 e. The lowest BCUT2D eigenvalue weighted by Gasteiger charge is -2.16. The summed E-state index contributed by atoms with van der Waals surface area (Å²) < 4.78 is 9.59. The Bertz CT molecular complexity index is 347. The summed E-state index contributed by atoms with van der Waals surface area (Å²) >= 11 is 0. The zero-order valence-corrected chi connectivity index (χ0v) is 10.6. The van der Waals surface area contributed by atoms with Crippen LogP contribution in [0.15, 0.2) is 4.52 Å². The van der Waals surface area contributed by atoms with E-state index in [0.29, 0.717) is 18.9 Å². The molecule has 96 valence electrons. The van der Waals surface area contributed by atoms with Crippen LogP contribution in [0.2, 0.25) is 0 Å². The summed E-state index contributed by atoms with van der Waals surface area (Å²) in [6.07, 6.45) is 0.671. The molecule has 0 unspecified atom stereocenters. The topological polar surface area (TPSA) is 68.5 Å². The molecule has 0 fully saturated rings. The zero-order chi connectivity index (χ0) is 12.7. The number of nitrogens with zero attached hydrogens (tertiary/aromatic N) is 3. The minimum absolute atomic E-state index is 0.0682. The average molecular weight is 241 g/mol. The second-order valence-corrected chi connectivity index (χ2v) is 3.51. The van der Waals surface area contributed by atoms with E-state index in [1.54, 1.807) is 6.92 Å². The van der Waals surface area contributed by atoms with Crippen molar-refractivity contribution >= 4 is 5.97 Å². The van der Waals surface area contributed by atoms with Gasteiger partial charge in [-0.3, -0.25) is 0 Å². The Balaban J connectivity index is 2.48. The van der Waals surface area contributed by atoms with Crippen LogP contribution in [0.25, 0.3) is 0 Å². The maximum Gasteiger partial charge on any atom is 0.397 e. The monoisotopic (exact) mass is 241 g/mol. The molecule has 0 aromatic carbocycles. The number of ether oxygens (including phenoxy) is 1. The summed E-state index contributed by atoms with van der Waals surface area (Å²) in [6, 6.07) is 0. The van der Waals surface area contributed by atoms with E-state index in [1.807, 2.05) is 0 Å². The van der Waals surface area contributed by atoms with Crippen LogP contribution in [0.5, 0.6) is 0 Å². The molecule has 0 saturated heterocycles. The molecule has 0 bridgehead atoms. The van der Waals surface area contributed by atoms with Gasteiger partial charge in [0.15, 0.2) is 5.82 Å². The molecule has 0 atom stereocenters. The number of rotatable bonds is 7. The number of hydrogen-bond acceptors (Lipinski definition) is 6.